The topological polar surface area (TPSA) is 38.3 Å². The number of esters is 1. The molecule has 0 heterocycles. The monoisotopic (exact) mass is 279 g/mol. The van der Waals surface area contributed by atoms with Gasteiger partial charge in [0.1, 0.15) is 5.82 Å². The molecule has 0 saturated heterocycles. The Morgan fingerprint density at radius 1 is 1.30 bits per heavy atom. The lowest BCUT2D eigenvalue weighted by Crippen LogP contribution is -2.30. The normalized spacial score (nSPS) is 26.1. The molecule has 2 rings (SSSR count). The van der Waals surface area contributed by atoms with E-state index in [0.717, 1.165) is 25.2 Å². The average molecular weight is 279 g/mol. The molecule has 1 fully saturated rings. The predicted molar refractivity (Wildman–Crippen MR) is 77.3 cm³/mol. The van der Waals surface area contributed by atoms with Crippen LogP contribution in [0.2, 0.25) is 0 Å². The molecule has 1 aliphatic rings. The molecule has 110 valence electrons. The number of hydrogen-bond acceptors (Lipinski definition) is 3. The zero-order valence-corrected chi connectivity index (χ0v) is 12.3. The van der Waals surface area contributed by atoms with Crippen LogP contribution in [0.3, 0.4) is 0 Å². The maximum atomic E-state index is 13.9. The van der Waals surface area contributed by atoms with Gasteiger partial charge in [0.15, 0.2) is 0 Å². The van der Waals surface area contributed by atoms with Crippen molar-refractivity contribution in [2.75, 3.05) is 12.4 Å². The summed E-state index contributed by atoms with van der Waals surface area (Å²) in [4.78, 5) is 11.5. The molecule has 0 aromatic heterocycles. The zero-order valence-electron chi connectivity index (χ0n) is 12.3. The largest absolute Gasteiger partial charge is 0.465 e. The van der Waals surface area contributed by atoms with Crippen molar-refractivity contribution < 1.29 is 13.9 Å². The minimum Gasteiger partial charge on any atom is -0.465 e. The second-order valence-corrected chi connectivity index (χ2v) is 5.80. The number of halogens is 1. The first-order valence-corrected chi connectivity index (χ1v) is 7.15. The molecule has 0 bridgehead atoms. The second-order valence-electron chi connectivity index (χ2n) is 5.80. The molecule has 0 radical (unpaired) electrons. The summed E-state index contributed by atoms with van der Waals surface area (Å²) in [5.41, 5.74) is 0.758. The summed E-state index contributed by atoms with van der Waals surface area (Å²) in [6, 6.07) is 4.55. The first kappa shape index (κ1) is 14.8. The summed E-state index contributed by atoms with van der Waals surface area (Å²) < 4.78 is 18.5. The maximum absolute atomic E-state index is 13.9. The number of carbonyl (C=O) groups excluding carboxylic acids is 1. The molecule has 4 heteroatoms. The molecule has 1 aromatic rings. The molecule has 1 saturated carbocycles. The quantitative estimate of drug-likeness (QED) is 0.854. The van der Waals surface area contributed by atoms with Crippen molar-refractivity contribution in [2.45, 2.75) is 39.2 Å². The number of anilines is 1. The molecule has 1 aliphatic carbocycles. The minimum absolute atomic E-state index is 0.267. The minimum atomic E-state index is -0.446. The number of nitrogens with one attached hydrogen (secondary N) is 1. The molecule has 0 spiro atoms. The Morgan fingerprint density at radius 2 is 2.05 bits per heavy atom. The number of methoxy groups -OCH3 is 1. The van der Waals surface area contributed by atoms with Crippen molar-refractivity contribution in [3.63, 3.8) is 0 Å². The molecule has 3 atom stereocenters. The highest BCUT2D eigenvalue weighted by atomic mass is 19.1. The second kappa shape index (κ2) is 6.25. The average Bonchev–Trinajstić information content (AvgIpc) is 2.44. The van der Waals surface area contributed by atoms with E-state index in [1.54, 1.807) is 0 Å². The summed E-state index contributed by atoms with van der Waals surface area (Å²) in [5, 5.41) is 3.24. The summed E-state index contributed by atoms with van der Waals surface area (Å²) in [7, 11) is 1.32. The van der Waals surface area contributed by atoms with Gasteiger partial charge in [-0.05, 0) is 49.3 Å². The fourth-order valence-corrected chi connectivity index (χ4v) is 2.78. The van der Waals surface area contributed by atoms with Crippen LogP contribution < -0.4 is 5.32 Å². The van der Waals surface area contributed by atoms with Gasteiger partial charge in [0, 0.05) is 6.04 Å². The molecular formula is C16H22FNO2. The summed E-state index contributed by atoms with van der Waals surface area (Å²) in [6.45, 7) is 4.50. The summed E-state index contributed by atoms with van der Waals surface area (Å²) in [6.07, 6.45) is 3.22. The summed E-state index contributed by atoms with van der Waals surface area (Å²) in [5.74, 6) is 0.579. The number of benzene rings is 1. The van der Waals surface area contributed by atoms with Crippen molar-refractivity contribution in [3.05, 3.63) is 29.6 Å². The van der Waals surface area contributed by atoms with Crippen LogP contribution in [0.25, 0.3) is 0 Å². The van der Waals surface area contributed by atoms with Crippen LogP contribution in [0, 0.1) is 17.7 Å². The van der Waals surface area contributed by atoms with Gasteiger partial charge in [0.2, 0.25) is 0 Å². The zero-order chi connectivity index (χ0) is 14.7. The van der Waals surface area contributed by atoms with Crippen molar-refractivity contribution in [1.82, 2.24) is 0 Å². The Morgan fingerprint density at radius 3 is 2.70 bits per heavy atom. The van der Waals surface area contributed by atoms with Gasteiger partial charge < -0.3 is 10.1 Å². The van der Waals surface area contributed by atoms with Crippen LogP contribution in [0.5, 0.6) is 0 Å². The SMILES string of the molecule is COC(=O)c1ccc(F)c(NC2CCC(C)C(C)C2)c1. The molecular weight excluding hydrogens is 257 g/mol. The van der Waals surface area contributed by atoms with E-state index in [-0.39, 0.29) is 11.9 Å². The number of rotatable bonds is 3. The van der Waals surface area contributed by atoms with Gasteiger partial charge >= 0.3 is 5.97 Å². The fourth-order valence-electron chi connectivity index (χ4n) is 2.78. The Hall–Kier alpha value is -1.58. The standard InChI is InChI=1S/C16H22FNO2/c1-10-4-6-13(8-11(10)2)18-15-9-12(16(19)20-3)5-7-14(15)17/h5,7,9-11,13,18H,4,6,8H2,1-3H3. The van der Waals surface area contributed by atoms with Gasteiger partial charge in [0.05, 0.1) is 18.4 Å². The van der Waals surface area contributed by atoms with E-state index in [0.29, 0.717) is 17.2 Å². The Balaban J connectivity index is 2.10. The molecule has 1 N–H and O–H groups in total. The highest BCUT2D eigenvalue weighted by Gasteiger charge is 2.25. The van der Waals surface area contributed by atoms with Crippen molar-refractivity contribution in [2.24, 2.45) is 11.8 Å². The van der Waals surface area contributed by atoms with Gasteiger partial charge in [0.25, 0.3) is 0 Å². The number of ether oxygens (including phenoxy) is 1. The molecule has 0 aliphatic heterocycles. The number of hydrogen-bond donors (Lipinski definition) is 1. The van der Waals surface area contributed by atoms with Gasteiger partial charge in [-0.3, -0.25) is 0 Å². The van der Waals surface area contributed by atoms with Gasteiger partial charge in [-0.2, -0.15) is 0 Å². The smallest absolute Gasteiger partial charge is 0.337 e. The molecule has 3 nitrogen and oxygen atoms in total. The van der Waals surface area contributed by atoms with E-state index in [2.05, 4.69) is 23.9 Å². The van der Waals surface area contributed by atoms with E-state index < -0.39 is 5.97 Å². The van der Waals surface area contributed by atoms with Crippen LogP contribution in [0.1, 0.15) is 43.5 Å². The van der Waals surface area contributed by atoms with Crippen LogP contribution in [0.4, 0.5) is 10.1 Å². The van der Waals surface area contributed by atoms with Crippen LogP contribution in [-0.2, 0) is 4.74 Å². The highest BCUT2D eigenvalue weighted by Crippen LogP contribution is 2.31. The van der Waals surface area contributed by atoms with E-state index in [1.807, 2.05) is 0 Å². The van der Waals surface area contributed by atoms with Gasteiger partial charge in [-0.25, -0.2) is 9.18 Å². The molecule has 0 amide bonds. The van der Waals surface area contributed by atoms with Gasteiger partial charge in [-0.15, -0.1) is 0 Å². The highest BCUT2D eigenvalue weighted by molar-refractivity contribution is 5.90. The number of carbonyl (C=O) groups is 1. The lowest BCUT2D eigenvalue weighted by atomic mass is 9.79. The van der Waals surface area contributed by atoms with Crippen molar-refractivity contribution >= 4 is 11.7 Å². The third-order valence-corrected chi connectivity index (χ3v) is 4.35. The van der Waals surface area contributed by atoms with E-state index in [4.69, 9.17) is 0 Å². The fraction of sp³-hybridized carbons (Fsp3) is 0.562. The first-order valence-electron chi connectivity index (χ1n) is 7.15. The third-order valence-electron chi connectivity index (χ3n) is 4.35. The Kier molecular flexibility index (Phi) is 4.63. The molecule has 3 unspecified atom stereocenters. The van der Waals surface area contributed by atoms with E-state index in [9.17, 15) is 9.18 Å². The Labute approximate surface area is 119 Å². The van der Waals surface area contributed by atoms with Crippen LogP contribution in [0.15, 0.2) is 18.2 Å². The Bertz CT molecular complexity index is 489. The molecule has 1 aromatic carbocycles. The summed E-state index contributed by atoms with van der Waals surface area (Å²) >= 11 is 0. The van der Waals surface area contributed by atoms with Gasteiger partial charge in [-0.1, -0.05) is 13.8 Å². The third kappa shape index (κ3) is 3.30. The predicted octanol–water partition coefficient (Wildman–Crippen LogP) is 3.85. The van der Waals surface area contributed by atoms with E-state index >= 15 is 0 Å². The first-order chi connectivity index (χ1) is 9.51. The van der Waals surface area contributed by atoms with Crippen molar-refractivity contribution in [1.29, 1.82) is 0 Å². The van der Waals surface area contributed by atoms with E-state index in [1.165, 1.54) is 25.3 Å². The molecule has 20 heavy (non-hydrogen) atoms. The maximum Gasteiger partial charge on any atom is 0.337 e. The van der Waals surface area contributed by atoms with Crippen LogP contribution >= 0.6 is 0 Å². The van der Waals surface area contributed by atoms with Crippen LogP contribution in [-0.4, -0.2) is 19.1 Å². The lowest BCUT2D eigenvalue weighted by molar-refractivity contribution is 0.0600. The lowest BCUT2D eigenvalue weighted by Gasteiger charge is -2.33. The van der Waals surface area contributed by atoms with Crippen molar-refractivity contribution in [3.8, 4) is 0 Å².